The van der Waals surface area contributed by atoms with Crippen LogP contribution in [0.3, 0.4) is 0 Å². The molecule has 5 nitrogen and oxygen atoms in total. The molecule has 2 aromatic rings. The molecule has 4 rings (SSSR count). The van der Waals surface area contributed by atoms with Gasteiger partial charge in [0.2, 0.25) is 5.91 Å². The van der Waals surface area contributed by atoms with Crippen LogP contribution in [0.1, 0.15) is 17.5 Å². The Bertz CT molecular complexity index is 911. The van der Waals surface area contributed by atoms with Gasteiger partial charge in [0.05, 0.1) is 18.1 Å². The maximum absolute atomic E-state index is 12.1. The van der Waals surface area contributed by atoms with E-state index in [9.17, 15) is 13.2 Å². The normalized spacial score (nSPS) is 21.1. The lowest BCUT2D eigenvalue weighted by atomic mass is 10.0. The van der Waals surface area contributed by atoms with Crippen LogP contribution in [0.15, 0.2) is 30.3 Å². The largest absolute Gasteiger partial charge is 0.376 e. The molecular weight excluding hydrogens is 324 g/mol. The molecule has 126 valence electrons. The molecule has 0 bridgehead atoms. The second-order valence-corrected chi connectivity index (χ2v) is 8.86. The average Bonchev–Trinajstić information content (AvgIpc) is 3.11. The SMILES string of the molecule is O=C(CNc1ccc2c3c(cccc13)CC2)NC1CCS(=O)(=O)C1. The van der Waals surface area contributed by atoms with E-state index in [-0.39, 0.29) is 30.0 Å². The van der Waals surface area contributed by atoms with Gasteiger partial charge in [-0.2, -0.15) is 0 Å². The summed E-state index contributed by atoms with van der Waals surface area (Å²) in [6.07, 6.45) is 2.66. The highest BCUT2D eigenvalue weighted by atomic mass is 32.2. The molecule has 1 atom stereocenters. The fraction of sp³-hybridized carbons (Fsp3) is 0.389. The van der Waals surface area contributed by atoms with Gasteiger partial charge in [-0.25, -0.2) is 8.42 Å². The summed E-state index contributed by atoms with van der Waals surface area (Å²) < 4.78 is 22.9. The number of anilines is 1. The molecule has 1 amide bonds. The molecule has 0 saturated carbocycles. The highest BCUT2D eigenvalue weighted by molar-refractivity contribution is 7.91. The first-order valence-corrected chi connectivity index (χ1v) is 10.1. The molecule has 1 heterocycles. The maximum Gasteiger partial charge on any atom is 0.239 e. The molecule has 1 unspecified atom stereocenters. The summed E-state index contributed by atoms with van der Waals surface area (Å²) in [6, 6.07) is 10.2. The van der Waals surface area contributed by atoms with E-state index >= 15 is 0 Å². The Kier molecular flexibility index (Phi) is 3.72. The van der Waals surface area contributed by atoms with Crippen molar-refractivity contribution in [3.05, 3.63) is 41.5 Å². The number of carbonyl (C=O) groups excluding carboxylic acids is 1. The van der Waals surface area contributed by atoms with E-state index in [0.29, 0.717) is 6.42 Å². The first kappa shape index (κ1) is 15.4. The standard InChI is InChI=1S/C18H20N2O3S/c21-17(20-14-8-9-24(22,23)11-14)10-19-16-7-6-13-5-4-12-2-1-3-15(16)18(12)13/h1-3,6-7,14,19H,4-5,8-11H2,(H,20,21). The summed E-state index contributed by atoms with van der Waals surface area (Å²) in [5, 5.41) is 8.47. The molecular formula is C18H20N2O3S. The third-order valence-electron chi connectivity index (χ3n) is 4.91. The number of sulfone groups is 1. The van der Waals surface area contributed by atoms with Crippen molar-refractivity contribution in [1.82, 2.24) is 5.32 Å². The van der Waals surface area contributed by atoms with Gasteiger partial charge in [-0.3, -0.25) is 4.79 Å². The second kappa shape index (κ2) is 5.77. The summed E-state index contributed by atoms with van der Waals surface area (Å²) in [5.74, 6) is 0.0559. The van der Waals surface area contributed by atoms with Crippen LogP contribution in [0.4, 0.5) is 5.69 Å². The number of benzene rings is 2. The zero-order valence-electron chi connectivity index (χ0n) is 13.3. The van der Waals surface area contributed by atoms with Gasteiger partial charge >= 0.3 is 0 Å². The lowest BCUT2D eigenvalue weighted by Crippen LogP contribution is -2.39. The molecule has 0 radical (unpaired) electrons. The lowest BCUT2D eigenvalue weighted by molar-refractivity contribution is -0.119. The molecule has 0 aromatic heterocycles. The van der Waals surface area contributed by atoms with Crippen molar-refractivity contribution in [2.45, 2.75) is 25.3 Å². The number of aryl methyl sites for hydroxylation is 2. The molecule has 6 heteroatoms. The topological polar surface area (TPSA) is 75.3 Å². The predicted octanol–water partition coefficient (Wildman–Crippen LogP) is 1.65. The molecule has 2 aliphatic rings. The van der Waals surface area contributed by atoms with Gasteiger partial charge in [-0.15, -0.1) is 0 Å². The molecule has 1 aliphatic carbocycles. The van der Waals surface area contributed by atoms with Crippen molar-refractivity contribution >= 4 is 32.2 Å². The Morgan fingerprint density at radius 1 is 1.12 bits per heavy atom. The van der Waals surface area contributed by atoms with Crippen molar-refractivity contribution in [3.8, 4) is 0 Å². The zero-order chi connectivity index (χ0) is 16.7. The van der Waals surface area contributed by atoms with Gasteiger partial charge in [0.15, 0.2) is 9.84 Å². The Morgan fingerprint density at radius 3 is 2.67 bits per heavy atom. The number of nitrogens with one attached hydrogen (secondary N) is 2. The van der Waals surface area contributed by atoms with Gasteiger partial charge in [0.1, 0.15) is 0 Å². The van der Waals surface area contributed by atoms with Crippen LogP contribution in [0.25, 0.3) is 10.8 Å². The Balaban J connectivity index is 1.45. The molecule has 1 aliphatic heterocycles. The van der Waals surface area contributed by atoms with Crippen LogP contribution >= 0.6 is 0 Å². The van der Waals surface area contributed by atoms with Crippen LogP contribution in [0.2, 0.25) is 0 Å². The van der Waals surface area contributed by atoms with Crippen LogP contribution in [0.5, 0.6) is 0 Å². The summed E-state index contributed by atoms with van der Waals surface area (Å²) in [6.45, 7) is 0.148. The quantitative estimate of drug-likeness (QED) is 0.884. The predicted molar refractivity (Wildman–Crippen MR) is 95.0 cm³/mol. The van der Waals surface area contributed by atoms with Crippen LogP contribution in [-0.4, -0.2) is 38.4 Å². The van der Waals surface area contributed by atoms with E-state index in [1.165, 1.54) is 16.5 Å². The molecule has 2 aromatic carbocycles. The van der Waals surface area contributed by atoms with Gasteiger partial charge in [-0.1, -0.05) is 24.3 Å². The Labute approximate surface area is 141 Å². The zero-order valence-corrected chi connectivity index (χ0v) is 14.2. The summed E-state index contributed by atoms with van der Waals surface area (Å²) in [7, 11) is -2.97. The first-order chi connectivity index (χ1) is 11.5. The van der Waals surface area contributed by atoms with E-state index in [1.807, 2.05) is 6.07 Å². The average molecular weight is 344 g/mol. The van der Waals surface area contributed by atoms with Crippen molar-refractivity contribution in [2.24, 2.45) is 0 Å². The van der Waals surface area contributed by atoms with Gasteiger partial charge < -0.3 is 10.6 Å². The molecule has 0 spiro atoms. The van der Waals surface area contributed by atoms with E-state index < -0.39 is 9.84 Å². The minimum absolute atomic E-state index is 0.0553. The van der Waals surface area contributed by atoms with E-state index in [0.717, 1.165) is 23.9 Å². The Hall–Kier alpha value is -2.08. The number of amides is 1. The summed E-state index contributed by atoms with van der Waals surface area (Å²) >= 11 is 0. The fourth-order valence-corrected chi connectivity index (χ4v) is 5.44. The number of hydrogen-bond donors (Lipinski definition) is 2. The molecule has 1 fully saturated rings. The van der Waals surface area contributed by atoms with Crippen LogP contribution in [-0.2, 0) is 27.5 Å². The fourth-order valence-electron chi connectivity index (χ4n) is 3.76. The summed E-state index contributed by atoms with van der Waals surface area (Å²) in [5.41, 5.74) is 3.69. The lowest BCUT2D eigenvalue weighted by Gasteiger charge is -2.14. The van der Waals surface area contributed by atoms with E-state index in [4.69, 9.17) is 0 Å². The molecule has 1 saturated heterocycles. The number of rotatable bonds is 4. The van der Waals surface area contributed by atoms with Crippen molar-refractivity contribution in [1.29, 1.82) is 0 Å². The van der Waals surface area contributed by atoms with Gasteiger partial charge in [0.25, 0.3) is 0 Å². The maximum atomic E-state index is 12.1. The minimum Gasteiger partial charge on any atom is -0.376 e. The van der Waals surface area contributed by atoms with Crippen LogP contribution in [0, 0.1) is 0 Å². The molecule has 24 heavy (non-hydrogen) atoms. The number of hydrogen-bond acceptors (Lipinski definition) is 4. The number of carbonyl (C=O) groups is 1. The van der Waals surface area contributed by atoms with Crippen molar-refractivity contribution in [2.75, 3.05) is 23.4 Å². The monoisotopic (exact) mass is 344 g/mol. The summed E-state index contributed by atoms with van der Waals surface area (Å²) in [4.78, 5) is 12.1. The second-order valence-electron chi connectivity index (χ2n) is 6.63. The van der Waals surface area contributed by atoms with Crippen LogP contribution < -0.4 is 10.6 Å². The van der Waals surface area contributed by atoms with Crippen molar-refractivity contribution in [3.63, 3.8) is 0 Å². The highest BCUT2D eigenvalue weighted by Crippen LogP contribution is 2.34. The third kappa shape index (κ3) is 2.86. The highest BCUT2D eigenvalue weighted by Gasteiger charge is 2.28. The molecule has 2 N–H and O–H groups in total. The third-order valence-corrected chi connectivity index (χ3v) is 6.68. The van der Waals surface area contributed by atoms with Crippen molar-refractivity contribution < 1.29 is 13.2 Å². The smallest absolute Gasteiger partial charge is 0.239 e. The van der Waals surface area contributed by atoms with Gasteiger partial charge in [-0.05, 0) is 41.8 Å². The minimum atomic E-state index is -2.97. The Morgan fingerprint density at radius 2 is 1.92 bits per heavy atom. The first-order valence-electron chi connectivity index (χ1n) is 8.29. The van der Waals surface area contributed by atoms with Gasteiger partial charge in [0, 0.05) is 17.1 Å². The van der Waals surface area contributed by atoms with E-state index in [2.05, 4.69) is 34.9 Å². The van der Waals surface area contributed by atoms with E-state index in [1.54, 1.807) is 0 Å².